The van der Waals surface area contributed by atoms with Crippen LogP contribution in [0.5, 0.6) is 5.75 Å². The predicted octanol–water partition coefficient (Wildman–Crippen LogP) is 8.81. The van der Waals surface area contributed by atoms with Crippen LogP contribution in [0.25, 0.3) is 0 Å². The molecular formula is C43H44Cl2N2O3. The fourth-order valence-electron chi connectivity index (χ4n) is 8.49. The molecule has 0 aromatic heterocycles. The largest absolute Gasteiger partial charge is 0.507 e. The van der Waals surface area contributed by atoms with E-state index in [1.807, 2.05) is 109 Å². The van der Waals surface area contributed by atoms with Gasteiger partial charge in [0.25, 0.3) is 0 Å². The number of rotatable bonds is 10. The Bertz CT molecular complexity index is 1820. The van der Waals surface area contributed by atoms with E-state index in [0.29, 0.717) is 23.1 Å². The minimum absolute atomic E-state index is 0.174. The number of benzene rings is 5. The van der Waals surface area contributed by atoms with Crippen molar-refractivity contribution in [1.29, 1.82) is 0 Å². The molecule has 0 bridgehead atoms. The first-order valence-corrected chi connectivity index (χ1v) is 18.3. The van der Waals surface area contributed by atoms with E-state index in [1.54, 1.807) is 0 Å². The number of likely N-dealkylation sites (tertiary alicyclic amines) is 2. The summed E-state index contributed by atoms with van der Waals surface area (Å²) in [4.78, 5) is 4.63. The predicted molar refractivity (Wildman–Crippen MR) is 201 cm³/mol. The molecule has 2 heterocycles. The van der Waals surface area contributed by atoms with Gasteiger partial charge in [-0.05, 0) is 92.2 Å². The molecule has 3 N–H and O–H groups in total. The molecule has 258 valence electrons. The smallest absolute Gasteiger partial charge is 0.130 e. The van der Waals surface area contributed by atoms with E-state index < -0.39 is 11.2 Å². The molecule has 0 spiro atoms. The number of hydrogen-bond donors (Lipinski definition) is 3. The molecule has 0 unspecified atom stereocenters. The molecule has 5 nitrogen and oxygen atoms in total. The maximum Gasteiger partial charge on any atom is 0.130 e. The maximum atomic E-state index is 12.7. The molecule has 5 aromatic carbocycles. The molecule has 0 amide bonds. The van der Waals surface area contributed by atoms with Crippen LogP contribution in [-0.4, -0.2) is 50.3 Å². The third-order valence-electron chi connectivity index (χ3n) is 10.8. The lowest BCUT2D eigenvalue weighted by Gasteiger charge is -2.41. The van der Waals surface area contributed by atoms with Gasteiger partial charge in [-0.15, -0.1) is 0 Å². The Morgan fingerprint density at radius 3 is 1.32 bits per heavy atom. The molecule has 2 atom stereocenters. The lowest BCUT2D eigenvalue weighted by molar-refractivity contribution is -0.00734. The zero-order valence-electron chi connectivity index (χ0n) is 28.4. The maximum absolute atomic E-state index is 12.7. The number of hydrogen-bond acceptors (Lipinski definition) is 5. The Morgan fingerprint density at radius 1 is 0.580 bits per heavy atom. The summed E-state index contributed by atoms with van der Waals surface area (Å²) >= 11 is 12.5. The van der Waals surface area contributed by atoms with Crippen LogP contribution in [0.15, 0.2) is 121 Å². The van der Waals surface area contributed by atoms with E-state index in [-0.39, 0.29) is 17.8 Å². The number of nitrogens with zero attached hydrogens (tertiary/aromatic N) is 2. The number of aliphatic hydroxyl groups is 2. The first kappa shape index (κ1) is 34.8. The lowest BCUT2D eigenvalue weighted by atomic mass is 9.79. The molecule has 0 aliphatic carbocycles. The van der Waals surface area contributed by atoms with E-state index in [9.17, 15) is 15.3 Å². The van der Waals surface area contributed by atoms with Crippen LogP contribution in [0.3, 0.4) is 0 Å². The van der Waals surface area contributed by atoms with E-state index in [0.717, 1.165) is 77.7 Å². The Hall–Kier alpha value is -3.68. The zero-order chi connectivity index (χ0) is 34.9. The highest BCUT2D eigenvalue weighted by Gasteiger charge is 2.47. The summed E-state index contributed by atoms with van der Waals surface area (Å²) in [6.45, 7) is 4.66. The number of aryl methyl sites for hydroxylation is 1. The van der Waals surface area contributed by atoms with Gasteiger partial charge >= 0.3 is 0 Å². The Balaban J connectivity index is 1.20. The van der Waals surface area contributed by atoms with Crippen molar-refractivity contribution in [1.82, 2.24) is 9.80 Å². The van der Waals surface area contributed by atoms with E-state index in [1.165, 1.54) is 0 Å². The van der Waals surface area contributed by atoms with Gasteiger partial charge in [-0.3, -0.25) is 9.80 Å². The molecule has 2 aliphatic heterocycles. The van der Waals surface area contributed by atoms with E-state index in [4.69, 9.17) is 23.2 Å². The molecule has 50 heavy (non-hydrogen) atoms. The average Bonchev–Trinajstić information content (AvgIpc) is 3.81. The van der Waals surface area contributed by atoms with Crippen molar-refractivity contribution >= 4 is 23.2 Å². The van der Waals surface area contributed by atoms with Gasteiger partial charge in [0, 0.05) is 46.3 Å². The van der Waals surface area contributed by atoms with Crippen LogP contribution in [0, 0.1) is 6.92 Å². The van der Waals surface area contributed by atoms with Crippen molar-refractivity contribution in [2.75, 3.05) is 13.1 Å². The van der Waals surface area contributed by atoms with Gasteiger partial charge in [0.2, 0.25) is 0 Å². The summed E-state index contributed by atoms with van der Waals surface area (Å²) in [5.74, 6) is 0.274. The van der Waals surface area contributed by atoms with Crippen LogP contribution < -0.4 is 0 Å². The van der Waals surface area contributed by atoms with Crippen molar-refractivity contribution in [3.05, 3.63) is 170 Å². The Morgan fingerprint density at radius 2 is 0.940 bits per heavy atom. The van der Waals surface area contributed by atoms with E-state index >= 15 is 0 Å². The van der Waals surface area contributed by atoms with Crippen LogP contribution in [-0.2, 0) is 24.3 Å². The van der Waals surface area contributed by atoms with E-state index in [2.05, 4.69) is 28.9 Å². The Labute approximate surface area is 305 Å². The van der Waals surface area contributed by atoms with Gasteiger partial charge in [0.1, 0.15) is 17.0 Å². The van der Waals surface area contributed by atoms with Crippen molar-refractivity contribution in [3.63, 3.8) is 0 Å². The summed E-state index contributed by atoms with van der Waals surface area (Å²) < 4.78 is 0. The van der Waals surface area contributed by atoms with Crippen molar-refractivity contribution < 1.29 is 15.3 Å². The zero-order valence-corrected chi connectivity index (χ0v) is 29.9. The van der Waals surface area contributed by atoms with Crippen molar-refractivity contribution in [2.24, 2.45) is 0 Å². The molecule has 0 saturated carbocycles. The second kappa shape index (κ2) is 14.5. The molecule has 7 rings (SSSR count). The van der Waals surface area contributed by atoms with Gasteiger partial charge in [-0.25, -0.2) is 0 Å². The van der Waals surface area contributed by atoms with Crippen LogP contribution >= 0.6 is 23.2 Å². The molecule has 2 saturated heterocycles. The first-order chi connectivity index (χ1) is 24.2. The van der Waals surface area contributed by atoms with Crippen LogP contribution in [0.4, 0.5) is 0 Å². The minimum Gasteiger partial charge on any atom is -0.507 e. The highest BCUT2D eigenvalue weighted by atomic mass is 35.5. The first-order valence-electron chi connectivity index (χ1n) is 17.5. The quantitative estimate of drug-likeness (QED) is 0.136. The third-order valence-corrected chi connectivity index (χ3v) is 11.4. The second-order valence-corrected chi connectivity index (χ2v) is 14.8. The monoisotopic (exact) mass is 706 g/mol. The molecule has 5 aromatic rings. The number of aromatic hydroxyl groups is 1. The third kappa shape index (κ3) is 6.59. The summed E-state index contributed by atoms with van der Waals surface area (Å²) in [5.41, 5.74) is 3.46. The summed E-state index contributed by atoms with van der Waals surface area (Å²) in [6, 6.07) is 38.5. The molecule has 2 aliphatic rings. The van der Waals surface area contributed by atoms with Crippen LogP contribution in [0.1, 0.15) is 64.6 Å². The SMILES string of the molecule is Cc1cc(CN2CCC[C@H]2C(O)(c2ccccc2)c2ccccc2)c(O)c(CN2CCC[C@H]2C(O)(c2ccc(Cl)cc2)c2ccc(Cl)cc2)c1. The normalized spacial score (nSPS) is 18.9. The van der Waals surface area contributed by atoms with Gasteiger partial charge < -0.3 is 15.3 Å². The average molecular weight is 708 g/mol. The van der Waals surface area contributed by atoms with Gasteiger partial charge in [0.15, 0.2) is 0 Å². The van der Waals surface area contributed by atoms with Crippen LogP contribution in [0.2, 0.25) is 10.0 Å². The number of phenols is 1. The standard InChI is InChI=1S/C43H44Cl2N2O3/c1-30-26-31(28-46-24-8-14-39(46)42(49,33-10-4-2-5-11-33)34-12-6-3-7-13-34)41(48)32(27-30)29-47-25-9-15-40(47)43(50,35-16-20-37(44)21-17-35)36-18-22-38(45)23-19-36/h2-7,10-13,16-23,26-27,39-40,48-50H,8-9,14-15,24-25,28-29H2,1H3/t39-,40-/m0/s1. The van der Waals surface area contributed by atoms with Gasteiger partial charge in [-0.1, -0.05) is 126 Å². The minimum atomic E-state index is -1.32. The topological polar surface area (TPSA) is 67.2 Å². The number of halogens is 2. The Kier molecular flexibility index (Phi) is 10.1. The van der Waals surface area contributed by atoms with Crippen molar-refractivity contribution in [3.8, 4) is 5.75 Å². The summed E-state index contributed by atoms with van der Waals surface area (Å²) in [6.07, 6.45) is 3.49. The molecule has 0 radical (unpaired) electrons. The molecule has 2 fully saturated rings. The fraction of sp³-hybridized carbons (Fsp3) is 0.302. The summed E-state index contributed by atoms with van der Waals surface area (Å²) in [7, 11) is 0. The molecular weight excluding hydrogens is 663 g/mol. The van der Waals surface area contributed by atoms with Gasteiger partial charge in [0.05, 0.1) is 0 Å². The van der Waals surface area contributed by atoms with Gasteiger partial charge in [-0.2, -0.15) is 0 Å². The highest BCUT2D eigenvalue weighted by Crippen LogP contribution is 2.44. The molecule has 7 heteroatoms. The lowest BCUT2D eigenvalue weighted by Crippen LogP contribution is -2.48. The highest BCUT2D eigenvalue weighted by molar-refractivity contribution is 6.30. The number of phenolic OH excluding ortho intramolecular Hbond substituents is 1. The summed E-state index contributed by atoms with van der Waals surface area (Å²) in [5, 5.41) is 38.5. The fourth-order valence-corrected chi connectivity index (χ4v) is 8.74. The van der Waals surface area contributed by atoms with Crippen molar-refractivity contribution in [2.45, 2.75) is 69.0 Å². The second-order valence-electron chi connectivity index (χ2n) is 14.0.